The highest BCUT2D eigenvalue weighted by atomic mass is 16.6. The number of carbonyl (C=O) groups is 1. The molecule has 0 radical (unpaired) electrons. The third-order valence-corrected chi connectivity index (χ3v) is 3.32. The van der Waals surface area contributed by atoms with Gasteiger partial charge in [-0.15, -0.1) is 0 Å². The average Bonchev–Trinajstić information content (AvgIpc) is 2.65. The fourth-order valence-corrected chi connectivity index (χ4v) is 2.12. The average molecular weight is 355 g/mol. The fourth-order valence-electron chi connectivity index (χ4n) is 2.12. The molecule has 0 aromatic heterocycles. The maximum Gasteiger partial charge on any atom is 0.336 e. The Hall–Kier alpha value is -3.61. The number of ether oxygens (including phenoxy) is 3. The molecule has 134 valence electrons. The van der Waals surface area contributed by atoms with Gasteiger partial charge in [-0.3, -0.25) is 10.1 Å². The van der Waals surface area contributed by atoms with Crippen LogP contribution >= 0.6 is 0 Å². The van der Waals surface area contributed by atoms with Crippen molar-refractivity contribution in [2.24, 2.45) is 0 Å². The summed E-state index contributed by atoms with van der Waals surface area (Å²) in [7, 11) is 2.96. The highest BCUT2D eigenvalue weighted by molar-refractivity contribution is 5.89. The molecule has 26 heavy (non-hydrogen) atoms. The standard InChI is InChI=1S/C19H17NO6/c1-24-16-6-4-3-5-15(16)8-10-19(21)26-17-9-7-14(11-12-20(22)23)13-18(17)25-2/h3-13H,1-2H3/b10-8+,12-11+. The molecule has 0 unspecified atom stereocenters. The molecule has 0 fully saturated rings. The first kappa shape index (κ1) is 18.7. The van der Waals surface area contributed by atoms with E-state index < -0.39 is 10.9 Å². The molecular weight excluding hydrogens is 338 g/mol. The van der Waals surface area contributed by atoms with Crippen molar-refractivity contribution in [1.29, 1.82) is 0 Å². The van der Waals surface area contributed by atoms with E-state index in [9.17, 15) is 14.9 Å². The van der Waals surface area contributed by atoms with E-state index in [4.69, 9.17) is 14.2 Å². The molecule has 0 atom stereocenters. The van der Waals surface area contributed by atoms with E-state index in [0.717, 1.165) is 11.8 Å². The third-order valence-electron chi connectivity index (χ3n) is 3.32. The van der Waals surface area contributed by atoms with Crippen LogP contribution in [0.1, 0.15) is 11.1 Å². The summed E-state index contributed by atoms with van der Waals surface area (Å²) in [5.41, 5.74) is 1.28. The first-order valence-corrected chi connectivity index (χ1v) is 7.56. The predicted molar refractivity (Wildman–Crippen MR) is 96.7 cm³/mol. The summed E-state index contributed by atoms with van der Waals surface area (Å²) in [6.07, 6.45) is 4.99. The van der Waals surface area contributed by atoms with Gasteiger partial charge in [0.2, 0.25) is 6.20 Å². The van der Waals surface area contributed by atoms with Crippen molar-refractivity contribution in [3.63, 3.8) is 0 Å². The lowest BCUT2D eigenvalue weighted by atomic mass is 10.2. The molecule has 0 aliphatic carbocycles. The van der Waals surface area contributed by atoms with Crippen molar-refractivity contribution in [3.05, 3.63) is 76.0 Å². The van der Waals surface area contributed by atoms with Gasteiger partial charge in [0.15, 0.2) is 11.5 Å². The van der Waals surface area contributed by atoms with Crippen molar-refractivity contribution in [3.8, 4) is 17.2 Å². The number of rotatable bonds is 7. The highest BCUT2D eigenvalue weighted by Crippen LogP contribution is 2.29. The summed E-state index contributed by atoms with van der Waals surface area (Å²) in [5, 5.41) is 10.4. The molecule has 0 spiro atoms. The first-order valence-electron chi connectivity index (χ1n) is 7.56. The molecule has 0 amide bonds. The smallest absolute Gasteiger partial charge is 0.336 e. The van der Waals surface area contributed by atoms with Crippen LogP contribution in [0.2, 0.25) is 0 Å². The summed E-state index contributed by atoms with van der Waals surface area (Å²) in [4.78, 5) is 21.9. The maximum atomic E-state index is 12.0. The van der Waals surface area contributed by atoms with Crippen molar-refractivity contribution in [2.45, 2.75) is 0 Å². The summed E-state index contributed by atoms with van der Waals surface area (Å²) in [5.74, 6) is 0.536. The van der Waals surface area contributed by atoms with Gasteiger partial charge >= 0.3 is 5.97 Å². The number of benzene rings is 2. The Morgan fingerprint density at radius 2 is 1.73 bits per heavy atom. The maximum absolute atomic E-state index is 12.0. The Balaban J connectivity index is 2.13. The number of nitrogens with zero attached hydrogens (tertiary/aromatic N) is 1. The van der Waals surface area contributed by atoms with E-state index in [1.165, 1.54) is 31.4 Å². The molecule has 0 aliphatic heterocycles. The van der Waals surface area contributed by atoms with Gasteiger partial charge in [0.25, 0.3) is 0 Å². The number of carbonyl (C=O) groups excluding carboxylic acids is 1. The third kappa shape index (κ3) is 5.20. The Labute approximate surface area is 150 Å². The van der Waals surface area contributed by atoms with Crippen LogP contribution < -0.4 is 14.2 Å². The highest BCUT2D eigenvalue weighted by Gasteiger charge is 2.09. The van der Waals surface area contributed by atoms with E-state index in [-0.39, 0.29) is 11.5 Å². The lowest BCUT2D eigenvalue weighted by Crippen LogP contribution is -2.05. The van der Waals surface area contributed by atoms with Crippen LogP contribution in [0.15, 0.2) is 54.7 Å². The minimum atomic E-state index is -0.595. The van der Waals surface area contributed by atoms with E-state index in [1.807, 2.05) is 12.1 Å². The van der Waals surface area contributed by atoms with E-state index >= 15 is 0 Å². The summed E-state index contributed by atoms with van der Waals surface area (Å²) in [6, 6.07) is 11.9. The summed E-state index contributed by atoms with van der Waals surface area (Å²) < 4.78 is 15.6. The van der Waals surface area contributed by atoms with Gasteiger partial charge in [0.05, 0.1) is 19.1 Å². The van der Waals surface area contributed by atoms with Gasteiger partial charge in [-0.25, -0.2) is 4.79 Å². The zero-order valence-electron chi connectivity index (χ0n) is 14.2. The Morgan fingerprint density at radius 1 is 1.00 bits per heavy atom. The molecule has 0 saturated heterocycles. The van der Waals surface area contributed by atoms with Crippen molar-refractivity contribution in [1.82, 2.24) is 0 Å². The monoisotopic (exact) mass is 355 g/mol. The van der Waals surface area contributed by atoms with Gasteiger partial charge in [-0.1, -0.05) is 24.3 Å². The lowest BCUT2D eigenvalue weighted by molar-refractivity contribution is -0.400. The molecule has 7 nitrogen and oxygen atoms in total. The van der Waals surface area contributed by atoms with Gasteiger partial charge in [-0.05, 0) is 29.8 Å². The normalized spacial score (nSPS) is 10.8. The Bertz CT molecular complexity index is 857. The van der Waals surface area contributed by atoms with E-state index in [0.29, 0.717) is 11.3 Å². The molecule has 0 N–H and O–H groups in total. The van der Waals surface area contributed by atoms with Crippen molar-refractivity contribution in [2.75, 3.05) is 14.2 Å². The minimum Gasteiger partial charge on any atom is -0.496 e. The number of hydrogen-bond donors (Lipinski definition) is 0. The number of methoxy groups -OCH3 is 2. The summed E-state index contributed by atoms with van der Waals surface area (Å²) in [6.45, 7) is 0. The van der Waals surface area contributed by atoms with Gasteiger partial charge in [0.1, 0.15) is 5.75 Å². The summed E-state index contributed by atoms with van der Waals surface area (Å²) >= 11 is 0. The van der Waals surface area contributed by atoms with Gasteiger partial charge in [-0.2, -0.15) is 0 Å². The second kappa shape index (κ2) is 9.03. The SMILES string of the molecule is COc1ccccc1/C=C/C(=O)Oc1ccc(/C=C/[N+](=O)[O-])cc1OC. The van der Waals surface area contributed by atoms with Crippen molar-refractivity contribution < 1.29 is 23.9 Å². The first-order chi connectivity index (χ1) is 12.5. The largest absolute Gasteiger partial charge is 0.496 e. The lowest BCUT2D eigenvalue weighted by Gasteiger charge is -2.08. The van der Waals surface area contributed by atoms with Crippen LogP contribution in [0.4, 0.5) is 0 Å². The molecule has 0 aliphatic rings. The second-order valence-corrected chi connectivity index (χ2v) is 5.01. The molecule has 0 heterocycles. The molecule has 2 rings (SSSR count). The van der Waals surface area contributed by atoms with Crippen LogP contribution in [0.5, 0.6) is 17.2 Å². The Kier molecular flexibility index (Phi) is 6.50. The van der Waals surface area contributed by atoms with Crippen LogP contribution in [0, 0.1) is 10.1 Å². The zero-order valence-corrected chi connectivity index (χ0v) is 14.2. The second-order valence-electron chi connectivity index (χ2n) is 5.01. The van der Waals surface area contributed by atoms with Gasteiger partial charge < -0.3 is 14.2 Å². The molecule has 0 saturated carbocycles. The van der Waals surface area contributed by atoms with Crippen LogP contribution in [-0.2, 0) is 4.79 Å². The zero-order chi connectivity index (χ0) is 18.9. The van der Waals surface area contributed by atoms with E-state index in [1.54, 1.807) is 31.4 Å². The van der Waals surface area contributed by atoms with Crippen LogP contribution in [0.25, 0.3) is 12.2 Å². The molecule has 2 aromatic carbocycles. The quantitative estimate of drug-likeness (QED) is 0.248. The van der Waals surface area contributed by atoms with Crippen molar-refractivity contribution >= 4 is 18.1 Å². The molecular formula is C19H17NO6. The van der Waals surface area contributed by atoms with Gasteiger partial charge in [0, 0.05) is 17.7 Å². The molecule has 7 heteroatoms. The van der Waals surface area contributed by atoms with E-state index in [2.05, 4.69) is 0 Å². The minimum absolute atomic E-state index is 0.209. The fraction of sp³-hybridized carbons (Fsp3) is 0.105. The molecule has 0 bridgehead atoms. The molecule has 2 aromatic rings. The topological polar surface area (TPSA) is 87.9 Å². The Morgan fingerprint density at radius 3 is 2.42 bits per heavy atom. The number of hydrogen-bond acceptors (Lipinski definition) is 6. The number of nitro groups is 1. The van der Waals surface area contributed by atoms with Crippen LogP contribution in [-0.4, -0.2) is 25.1 Å². The van der Waals surface area contributed by atoms with Crippen LogP contribution in [0.3, 0.4) is 0 Å². The number of esters is 1. The predicted octanol–water partition coefficient (Wildman–Crippen LogP) is 3.57. The number of para-hydroxylation sites is 1.